The molecular formula is C11H18N2O3. The maximum absolute atomic E-state index is 11.6. The molecule has 0 spiro atoms. The van der Waals surface area contributed by atoms with E-state index in [9.17, 15) is 4.79 Å². The number of carbonyl (C=O) groups is 1. The van der Waals surface area contributed by atoms with Crippen LogP contribution < -0.4 is 0 Å². The number of carbonyl (C=O) groups excluding carboxylic acids is 1. The third-order valence-electron chi connectivity index (χ3n) is 3.50. The van der Waals surface area contributed by atoms with E-state index >= 15 is 0 Å². The first-order chi connectivity index (χ1) is 7.72. The summed E-state index contributed by atoms with van der Waals surface area (Å²) < 4.78 is 5.14. The van der Waals surface area contributed by atoms with Gasteiger partial charge in [0.05, 0.1) is 12.8 Å². The Bertz CT molecular complexity index is 306. The van der Waals surface area contributed by atoms with Gasteiger partial charge in [-0.1, -0.05) is 13.3 Å². The monoisotopic (exact) mass is 226 g/mol. The number of likely N-dealkylation sites (tertiary alicyclic amines) is 1. The van der Waals surface area contributed by atoms with E-state index in [1.807, 2.05) is 0 Å². The summed E-state index contributed by atoms with van der Waals surface area (Å²) >= 11 is 0. The molecule has 1 saturated carbocycles. The molecule has 2 fully saturated rings. The van der Waals surface area contributed by atoms with E-state index < -0.39 is 0 Å². The molecule has 90 valence electrons. The quantitative estimate of drug-likeness (QED) is 0.343. The molecule has 5 heteroatoms. The third kappa shape index (κ3) is 1.99. The molecule has 2 rings (SSSR count). The summed E-state index contributed by atoms with van der Waals surface area (Å²) in [5.41, 5.74) is -0.0570. The van der Waals surface area contributed by atoms with Crippen molar-refractivity contribution in [1.29, 1.82) is 0 Å². The molecule has 0 aromatic heterocycles. The fourth-order valence-corrected chi connectivity index (χ4v) is 2.37. The van der Waals surface area contributed by atoms with Crippen molar-refractivity contribution in [2.75, 3.05) is 19.7 Å². The highest BCUT2D eigenvalue weighted by Gasteiger charge is 2.60. The first-order valence-electron chi connectivity index (χ1n) is 5.82. The Morgan fingerprint density at radius 2 is 2.56 bits per heavy atom. The number of ether oxygens (including phenoxy) is 1. The lowest BCUT2D eigenvalue weighted by Gasteiger charge is -2.18. The van der Waals surface area contributed by atoms with E-state index in [4.69, 9.17) is 9.94 Å². The van der Waals surface area contributed by atoms with Crippen LogP contribution in [0.2, 0.25) is 0 Å². The maximum Gasteiger partial charge on any atom is 0.409 e. The van der Waals surface area contributed by atoms with Crippen molar-refractivity contribution in [2.24, 2.45) is 16.5 Å². The highest BCUT2D eigenvalue weighted by molar-refractivity contribution is 5.75. The van der Waals surface area contributed by atoms with E-state index in [0.29, 0.717) is 19.1 Å². The normalized spacial score (nSPS) is 31.8. The standard InChI is InChI=1S/C11H18N2O3/c1-2-3-4-16-10(14)13-6-9-5-11(9,8-13)7-12-15/h7,9,15H,2-6,8H2,1H3/b12-7+. The van der Waals surface area contributed by atoms with Crippen LogP contribution in [0.4, 0.5) is 4.79 Å². The average molecular weight is 226 g/mol. The first kappa shape index (κ1) is 11.2. The summed E-state index contributed by atoms with van der Waals surface area (Å²) in [5.74, 6) is 0.460. The number of hydrogen-bond donors (Lipinski definition) is 1. The van der Waals surface area contributed by atoms with Gasteiger partial charge in [-0.2, -0.15) is 0 Å². The lowest BCUT2D eigenvalue weighted by Crippen LogP contribution is -2.32. The fourth-order valence-electron chi connectivity index (χ4n) is 2.37. The molecule has 5 nitrogen and oxygen atoms in total. The molecule has 0 radical (unpaired) electrons. The maximum atomic E-state index is 11.6. The zero-order valence-corrected chi connectivity index (χ0v) is 9.56. The second-order valence-electron chi connectivity index (χ2n) is 4.73. The molecule has 1 heterocycles. The van der Waals surface area contributed by atoms with Crippen molar-refractivity contribution in [2.45, 2.75) is 26.2 Å². The Kier molecular flexibility index (Phi) is 3.03. The minimum Gasteiger partial charge on any atom is -0.449 e. The molecule has 16 heavy (non-hydrogen) atoms. The molecule has 2 atom stereocenters. The number of hydrogen-bond acceptors (Lipinski definition) is 4. The Morgan fingerprint density at radius 1 is 1.75 bits per heavy atom. The molecule has 0 bridgehead atoms. The summed E-state index contributed by atoms with van der Waals surface area (Å²) in [6, 6.07) is 0. The number of unbranched alkanes of at least 4 members (excludes halogenated alkanes) is 1. The van der Waals surface area contributed by atoms with Crippen molar-refractivity contribution in [1.82, 2.24) is 4.90 Å². The van der Waals surface area contributed by atoms with E-state index in [1.54, 1.807) is 11.1 Å². The van der Waals surface area contributed by atoms with Crippen LogP contribution in [0.25, 0.3) is 0 Å². The number of nitrogens with zero attached hydrogens (tertiary/aromatic N) is 2. The van der Waals surface area contributed by atoms with Gasteiger partial charge in [-0.25, -0.2) is 4.79 Å². The van der Waals surface area contributed by atoms with E-state index in [-0.39, 0.29) is 11.5 Å². The van der Waals surface area contributed by atoms with Gasteiger partial charge in [0, 0.05) is 18.5 Å². The van der Waals surface area contributed by atoms with Gasteiger partial charge in [-0.15, -0.1) is 5.16 Å². The predicted molar refractivity (Wildman–Crippen MR) is 58.6 cm³/mol. The van der Waals surface area contributed by atoms with Gasteiger partial charge in [-0.05, 0) is 18.8 Å². The van der Waals surface area contributed by atoms with E-state index in [2.05, 4.69) is 12.1 Å². The van der Waals surface area contributed by atoms with Gasteiger partial charge in [0.25, 0.3) is 0 Å². The Morgan fingerprint density at radius 3 is 3.25 bits per heavy atom. The molecule has 1 N–H and O–H groups in total. The highest BCUT2D eigenvalue weighted by Crippen LogP contribution is 2.56. The van der Waals surface area contributed by atoms with Gasteiger partial charge >= 0.3 is 6.09 Å². The molecule has 0 aromatic rings. The zero-order chi connectivity index (χ0) is 11.6. The van der Waals surface area contributed by atoms with Crippen LogP contribution in [0.5, 0.6) is 0 Å². The van der Waals surface area contributed by atoms with Crippen LogP contribution in [0.1, 0.15) is 26.2 Å². The topological polar surface area (TPSA) is 62.1 Å². The van der Waals surface area contributed by atoms with Crippen LogP contribution in [-0.4, -0.2) is 42.1 Å². The first-order valence-corrected chi connectivity index (χ1v) is 5.82. The third-order valence-corrected chi connectivity index (χ3v) is 3.50. The Balaban J connectivity index is 1.79. The molecule has 2 aliphatic rings. The summed E-state index contributed by atoms with van der Waals surface area (Å²) in [6.45, 7) is 3.92. The lowest BCUT2D eigenvalue weighted by molar-refractivity contribution is 0.104. The van der Waals surface area contributed by atoms with E-state index in [1.165, 1.54) is 0 Å². The van der Waals surface area contributed by atoms with Gasteiger partial charge in [-0.3, -0.25) is 0 Å². The van der Waals surface area contributed by atoms with Crippen molar-refractivity contribution in [3.8, 4) is 0 Å². The molecule has 1 aliphatic heterocycles. The minimum atomic E-state index is -0.230. The summed E-state index contributed by atoms with van der Waals surface area (Å²) in [7, 11) is 0. The Hall–Kier alpha value is -1.26. The number of rotatable bonds is 4. The van der Waals surface area contributed by atoms with E-state index in [0.717, 1.165) is 25.8 Å². The second-order valence-corrected chi connectivity index (χ2v) is 4.73. The highest BCUT2D eigenvalue weighted by atomic mass is 16.6. The average Bonchev–Trinajstić information content (AvgIpc) is 2.80. The number of amides is 1. The zero-order valence-electron chi connectivity index (χ0n) is 9.56. The second kappa shape index (κ2) is 4.31. The molecule has 1 aliphatic carbocycles. The minimum absolute atomic E-state index is 0.0570. The van der Waals surface area contributed by atoms with Crippen LogP contribution in [0.15, 0.2) is 5.16 Å². The smallest absolute Gasteiger partial charge is 0.409 e. The van der Waals surface area contributed by atoms with Gasteiger partial charge in [0.1, 0.15) is 0 Å². The fraction of sp³-hybridized carbons (Fsp3) is 0.818. The summed E-state index contributed by atoms with van der Waals surface area (Å²) in [6.07, 6.45) is 4.29. The van der Waals surface area contributed by atoms with Crippen molar-refractivity contribution in [3.05, 3.63) is 0 Å². The number of piperidine rings is 1. The summed E-state index contributed by atoms with van der Waals surface area (Å²) in [4.78, 5) is 13.3. The SMILES string of the molecule is CCCCOC(=O)N1CC2CC2(/C=N/O)C1. The van der Waals surface area contributed by atoms with Gasteiger partial charge in [0.2, 0.25) is 0 Å². The molecule has 1 saturated heterocycles. The van der Waals surface area contributed by atoms with Crippen molar-refractivity contribution >= 4 is 12.3 Å². The number of fused-ring (bicyclic) bond motifs is 1. The van der Waals surface area contributed by atoms with Crippen molar-refractivity contribution in [3.63, 3.8) is 0 Å². The van der Waals surface area contributed by atoms with Gasteiger partial charge in [0.15, 0.2) is 0 Å². The van der Waals surface area contributed by atoms with Gasteiger partial charge < -0.3 is 14.8 Å². The van der Waals surface area contributed by atoms with Crippen LogP contribution in [0.3, 0.4) is 0 Å². The largest absolute Gasteiger partial charge is 0.449 e. The lowest BCUT2D eigenvalue weighted by atomic mass is 10.1. The summed E-state index contributed by atoms with van der Waals surface area (Å²) in [5, 5.41) is 11.6. The van der Waals surface area contributed by atoms with Crippen molar-refractivity contribution < 1.29 is 14.7 Å². The molecular weight excluding hydrogens is 208 g/mol. The predicted octanol–water partition coefficient (Wildman–Crippen LogP) is 1.70. The van der Waals surface area contributed by atoms with Crippen LogP contribution in [0, 0.1) is 11.3 Å². The van der Waals surface area contributed by atoms with Crippen LogP contribution in [-0.2, 0) is 4.74 Å². The molecule has 2 unspecified atom stereocenters. The Labute approximate surface area is 95.1 Å². The molecule has 1 amide bonds. The van der Waals surface area contributed by atoms with Crippen LogP contribution >= 0.6 is 0 Å². The number of oxime groups is 1. The molecule has 0 aromatic carbocycles.